The molecule has 9 nitrogen and oxygen atoms in total. The lowest BCUT2D eigenvalue weighted by molar-refractivity contribution is 0.414. The molecule has 2 N–H and O–H groups in total. The molecule has 0 bridgehead atoms. The minimum atomic E-state index is -3.79. The van der Waals surface area contributed by atoms with E-state index in [0.29, 0.717) is 11.4 Å². The first-order valence-corrected chi connectivity index (χ1v) is 8.23. The highest BCUT2D eigenvalue weighted by atomic mass is 32.2. The Morgan fingerprint density at radius 2 is 1.84 bits per heavy atom. The molecule has 0 unspecified atom stereocenters. The second-order valence-corrected chi connectivity index (χ2v) is 6.19. The van der Waals surface area contributed by atoms with Gasteiger partial charge in [-0.15, -0.1) is 0 Å². The van der Waals surface area contributed by atoms with E-state index in [1.807, 2.05) is 0 Å². The van der Waals surface area contributed by atoms with Crippen molar-refractivity contribution in [3.8, 4) is 17.9 Å². The van der Waals surface area contributed by atoms with Crippen LogP contribution in [0.1, 0.15) is 0 Å². The van der Waals surface area contributed by atoms with Gasteiger partial charge in [0.25, 0.3) is 10.0 Å². The van der Waals surface area contributed by atoms with Crippen molar-refractivity contribution < 1.29 is 13.2 Å². The van der Waals surface area contributed by atoms with Crippen LogP contribution in [0.4, 0.5) is 11.5 Å². The summed E-state index contributed by atoms with van der Waals surface area (Å²) in [6.07, 6.45) is 1.31. The largest absolute Gasteiger partial charge is 0.497 e. The summed E-state index contributed by atoms with van der Waals surface area (Å²) in [6.45, 7) is 0. The molecule has 1 aromatic heterocycles. The third-order valence-corrected chi connectivity index (χ3v) is 4.25. The Morgan fingerprint density at radius 1 is 1.16 bits per heavy atom. The van der Waals surface area contributed by atoms with E-state index in [4.69, 9.17) is 15.3 Å². The third kappa shape index (κ3) is 4.67. The Bertz CT molecular complexity index is 938. The van der Waals surface area contributed by atoms with Gasteiger partial charge in [-0.05, 0) is 36.4 Å². The van der Waals surface area contributed by atoms with Gasteiger partial charge >= 0.3 is 0 Å². The molecular weight excluding hydrogens is 344 g/mol. The lowest BCUT2D eigenvalue weighted by Gasteiger charge is -2.08. The Kier molecular flexibility index (Phi) is 5.50. The van der Waals surface area contributed by atoms with Gasteiger partial charge in [0.1, 0.15) is 23.7 Å². The Labute approximate surface area is 144 Å². The van der Waals surface area contributed by atoms with Gasteiger partial charge in [0.2, 0.25) is 5.71 Å². The van der Waals surface area contributed by atoms with E-state index < -0.39 is 10.0 Å². The molecule has 2 rings (SSSR count). The van der Waals surface area contributed by atoms with Gasteiger partial charge in [-0.2, -0.15) is 15.6 Å². The van der Waals surface area contributed by atoms with Gasteiger partial charge in [0, 0.05) is 0 Å². The first kappa shape index (κ1) is 17.7. The number of rotatable bonds is 6. The van der Waals surface area contributed by atoms with E-state index in [2.05, 4.69) is 20.2 Å². The molecule has 0 fully saturated rings. The number of nitriles is 2. The van der Waals surface area contributed by atoms with Crippen molar-refractivity contribution in [3.63, 3.8) is 0 Å². The van der Waals surface area contributed by atoms with E-state index in [1.54, 1.807) is 12.1 Å². The maximum absolute atomic E-state index is 12.3. The van der Waals surface area contributed by atoms with Crippen LogP contribution in [0.25, 0.3) is 0 Å². The van der Waals surface area contributed by atoms with E-state index in [1.165, 1.54) is 49.7 Å². The fraction of sp³-hybridized carbons (Fsp3) is 0.0667. The molecule has 10 heteroatoms. The predicted octanol–water partition coefficient (Wildman–Crippen LogP) is 1.71. The van der Waals surface area contributed by atoms with Crippen LogP contribution < -0.4 is 14.9 Å². The average Bonchev–Trinajstić information content (AvgIpc) is 2.63. The van der Waals surface area contributed by atoms with Crippen LogP contribution in [0.5, 0.6) is 5.75 Å². The summed E-state index contributed by atoms with van der Waals surface area (Å²) >= 11 is 0. The third-order valence-electron chi connectivity index (χ3n) is 2.88. The summed E-state index contributed by atoms with van der Waals surface area (Å²) < 4.78 is 31.9. The van der Waals surface area contributed by atoms with E-state index in [9.17, 15) is 8.42 Å². The van der Waals surface area contributed by atoms with Crippen molar-refractivity contribution in [2.75, 3.05) is 17.3 Å². The van der Waals surface area contributed by atoms with Crippen LogP contribution in [0.15, 0.2) is 52.6 Å². The molecule has 2 aromatic rings. The zero-order chi connectivity index (χ0) is 18.3. The summed E-state index contributed by atoms with van der Waals surface area (Å²) in [6, 6.07) is 12.0. The second-order valence-electron chi connectivity index (χ2n) is 4.51. The first-order valence-electron chi connectivity index (χ1n) is 6.75. The first-order chi connectivity index (χ1) is 12.0. The number of pyridine rings is 1. The zero-order valence-electron chi connectivity index (χ0n) is 13.0. The summed E-state index contributed by atoms with van der Waals surface area (Å²) in [7, 11) is -2.30. The monoisotopic (exact) mass is 356 g/mol. The van der Waals surface area contributed by atoms with Crippen LogP contribution >= 0.6 is 0 Å². The number of ether oxygens (including phenoxy) is 1. The van der Waals surface area contributed by atoms with Crippen LogP contribution in [-0.2, 0) is 10.0 Å². The zero-order valence-corrected chi connectivity index (χ0v) is 13.8. The molecular formula is C15H12N6O3S. The minimum absolute atomic E-state index is 0.0644. The molecule has 1 heterocycles. The van der Waals surface area contributed by atoms with Crippen LogP contribution in [0, 0.1) is 22.7 Å². The molecule has 126 valence electrons. The predicted molar refractivity (Wildman–Crippen MR) is 90.3 cm³/mol. The number of hydrazone groups is 1. The van der Waals surface area contributed by atoms with Gasteiger partial charge in [0.15, 0.2) is 0 Å². The molecule has 0 aliphatic heterocycles. The number of aromatic nitrogens is 1. The van der Waals surface area contributed by atoms with Crippen molar-refractivity contribution in [3.05, 3.63) is 42.6 Å². The number of sulfonamides is 1. The fourth-order valence-electron chi connectivity index (χ4n) is 1.67. The topological polar surface area (TPSA) is 140 Å². The molecule has 0 saturated carbocycles. The lowest BCUT2D eigenvalue weighted by atomic mass is 10.3. The Morgan fingerprint density at radius 3 is 2.36 bits per heavy atom. The SMILES string of the molecule is COc1ccc(S(=O)(=O)Nc2ccc(NN=C(C#N)C#N)cn2)cc1. The van der Waals surface area contributed by atoms with Crippen molar-refractivity contribution in [2.45, 2.75) is 4.90 Å². The number of nitrogens with one attached hydrogen (secondary N) is 2. The van der Waals surface area contributed by atoms with E-state index in [-0.39, 0.29) is 16.4 Å². The van der Waals surface area contributed by atoms with Crippen molar-refractivity contribution in [1.82, 2.24) is 4.98 Å². The van der Waals surface area contributed by atoms with Gasteiger partial charge in [-0.1, -0.05) is 0 Å². The second kappa shape index (κ2) is 7.77. The van der Waals surface area contributed by atoms with Crippen molar-refractivity contribution in [1.29, 1.82) is 10.5 Å². The van der Waals surface area contributed by atoms with Crippen molar-refractivity contribution in [2.24, 2.45) is 5.10 Å². The molecule has 0 radical (unpaired) electrons. The molecule has 0 aliphatic rings. The Hall–Kier alpha value is -3.63. The normalized spacial score (nSPS) is 10.0. The molecule has 25 heavy (non-hydrogen) atoms. The molecule has 0 atom stereocenters. The van der Waals surface area contributed by atoms with Gasteiger partial charge < -0.3 is 4.74 Å². The molecule has 0 saturated heterocycles. The number of nitrogens with zero attached hydrogens (tertiary/aromatic N) is 4. The summed E-state index contributed by atoms with van der Waals surface area (Å²) in [5.41, 5.74) is 2.51. The van der Waals surface area contributed by atoms with Crippen LogP contribution in [-0.4, -0.2) is 26.2 Å². The lowest BCUT2D eigenvalue weighted by Crippen LogP contribution is -2.13. The number of hydrogen-bond donors (Lipinski definition) is 2. The number of anilines is 2. The maximum Gasteiger partial charge on any atom is 0.263 e. The van der Waals surface area contributed by atoms with E-state index >= 15 is 0 Å². The van der Waals surface area contributed by atoms with Gasteiger partial charge in [0.05, 0.1) is 23.9 Å². The molecule has 0 amide bonds. The Balaban J connectivity index is 2.11. The fourth-order valence-corrected chi connectivity index (χ4v) is 2.68. The van der Waals surface area contributed by atoms with Gasteiger partial charge in [-0.3, -0.25) is 10.1 Å². The minimum Gasteiger partial charge on any atom is -0.497 e. The molecule has 1 aromatic carbocycles. The standard InChI is InChI=1S/C15H12N6O3S/c1-24-13-3-5-14(6-4-13)25(22,23)21-15-7-2-11(10-18-15)19-20-12(8-16)9-17/h2-7,10,19H,1H3,(H,18,21). The number of benzene rings is 1. The quantitative estimate of drug-likeness (QED) is 0.593. The average molecular weight is 356 g/mol. The summed E-state index contributed by atoms with van der Waals surface area (Å²) in [4.78, 5) is 4.00. The van der Waals surface area contributed by atoms with Crippen molar-refractivity contribution >= 4 is 27.2 Å². The smallest absolute Gasteiger partial charge is 0.263 e. The number of hydrogen-bond acceptors (Lipinski definition) is 8. The maximum atomic E-state index is 12.3. The highest BCUT2D eigenvalue weighted by molar-refractivity contribution is 7.92. The molecule has 0 aliphatic carbocycles. The van der Waals surface area contributed by atoms with E-state index in [0.717, 1.165) is 0 Å². The number of methoxy groups -OCH3 is 1. The van der Waals surface area contributed by atoms with Gasteiger partial charge in [-0.25, -0.2) is 13.4 Å². The summed E-state index contributed by atoms with van der Waals surface area (Å²) in [5.74, 6) is 0.647. The highest BCUT2D eigenvalue weighted by Crippen LogP contribution is 2.18. The molecule has 0 spiro atoms. The van der Waals surface area contributed by atoms with Crippen LogP contribution in [0.2, 0.25) is 0 Å². The summed E-state index contributed by atoms with van der Waals surface area (Å²) in [5, 5.41) is 20.7. The highest BCUT2D eigenvalue weighted by Gasteiger charge is 2.14. The van der Waals surface area contributed by atoms with Crippen LogP contribution in [0.3, 0.4) is 0 Å².